The van der Waals surface area contributed by atoms with Crippen molar-refractivity contribution in [3.05, 3.63) is 65.7 Å². The summed E-state index contributed by atoms with van der Waals surface area (Å²) >= 11 is 2.56. The zero-order valence-corrected chi connectivity index (χ0v) is 33.8. The van der Waals surface area contributed by atoms with E-state index in [1.807, 2.05) is 51.4 Å². The largest absolute Gasteiger partial charge is 0.480 e. The van der Waals surface area contributed by atoms with Crippen molar-refractivity contribution < 1.29 is 33.8 Å². The number of thioether (sulfide) groups is 1. The van der Waals surface area contributed by atoms with Gasteiger partial charge in [0, 0.05) is 22.4 Å². The Labute approximate surface area is 336 Å². The van der Waals surface area contributed by atoms with Crippen LogP contribution in [0.4, 0.5) is 10.5 Å². The number of fused-ring (bicyclic) bond motifs is 1. The molecule has 3 aromatic rings. The summed E-state index contributed by atoms with van der Waals surface area (Å²) in [6.07, 6.45) is 2.96. The summed E-state index contributed by atoms with van der Waals surface area (Å²) in [5, 5.41) is 18.3. The molecule has 1 aliphatic rings. The number of nitrogens with two attached hydrogens (primary N) is 2. The second-order valence-corrected chi connectivity index (χ2v) is 16.3. The highest BCUT2D eigenvalue weighted by atomic mass is 32.2. The number of aliphatic carboxylic acids is 1. The third-order valence-corrected chi connectivity index (χ3v) is 11.6. The molecule has 1 aromatic heterocycles. The van der Waals surface area contributed by atoms with Gasteiger partial charge in [-0.3, -0.25) is 19.2 Å². The average molecular weight is 811 g/mol. The van der Waals surface area contributed by atoms with Gasteiger partial charge in [0.25, 0.3) is 0 Å². The molecule has 1 aliphatic heterocycles. The van der Waals surface area contributed by atoms with E-state index in [1.54, 1.807) is 23.1 Å². The Bertz CT molecular complexity index is 1820. The first-order valence-electron chi connectivity index (χ1n) is 18.7. The lowest BCUT2D eigenvalue weighted by molar-refractivity contribution is -0.141. The van der Waals surface area contributed by atoms with Gasteiger partial charge in [-0.05, 0) is 103 Å². The number of hydrogen-bond donors (Lipinski definition) is 6. The van der Waals surface area contributed by atoms with Crippen LogP contribution in [0.3, 0.4) is 0 Å². The number of thiazole rings is 1. The Morgan fingerprint density at radius 2 is 1.82 bits per heavy atom. The van der Waals surface area contributed by atoms with Crippen molar-refractivity contribution in [3.8, 4) is 0 Å². The molecule has 1 unspecified atom stereocenters. The summed E-state index contributed by atoms with van der Waals surface area (Å²) in [6, 6.07) is 10.4. The highest BCUT2D eigenvalue weighted by Gasteiger charge is 2.44. The number of alkyl carbamates (subject to hydrolysis) is 1. The Hall–Kier alpha value is -4.55. The Morgan fingerprint density at radius 1 is 1.09 bits per heavy atom. The standard InChI is InChI=1S/C39H54N8O7S2/c1-24-20-31(45-39(53)54-22-26-12-6-5-7-13-26)37(50)47(24)32(15-9-11-19-46(3)4)35(49)43-30(14-8-10-18-40)34(48)42-27-16-17-29-33(21-27)56-36(44-29)25(2)55-23-28(41)38(51)52/h5-7,12-13,16-17,21,24,28,30-32H,2,8-11,14-15,18-20,22-23,40-41H2,1,3-4H3,(H,42,48)(H,43,49)(H,45,53)(H,51,52)/t24?,28-,30+,31+,32+/m1/s1. The van der Waals surface area contributed by atoms with Crippen LogP contribution in [0.15, 0.2) is 55.1 Å². The van der Waals surface area contributed by atoms with Crippen molar-refractivity contribution in [3.63, 3.8) is 0 Å². The van der Waals surface area contributed by atoms with E-state index in [-0.39, 0.29) is 24.3 Å². The molecular formula is C39H54N8O7S2. The van der Waals surface area contributed by atoms with E-state index in [9.17, 15) is 24.0 Å². The number of likely N-dealkylation sites (tertiary alicyclic amines) is 1. The number of hydrogen-bond acceptors (Lipinski definition) is 12. The van der Waals surface area contributed by atoms with E-state index < -0.39 is 48.0 Å². The molecule has 4 rings (SSSR count). The zero-order chi connectivity index (χ0) is 40.8. The van der Waals surface area contributed by atoms with Gasteiger partial charge in [-0.15, -0.1) is 23.1 Å². The van der Waals surface area contributed by atoms with Gasteiger partial charge in [-0.1, -0.05) is 36.9 Å². The van der Waals surface area contributed by atoms with E-state index in [2.05, 4.69) is 32.4 Å². The molecule has 0 aliphatic carbocycles. The number of amides is 4. The number of unbranched alkanes of at least 4 members (excludes halogenated alkanes) is 2. The number of nitrogens with one attached hydrogen (secondary N) is 3. The molecule has 15 nitrogen and oxygen atoms in total. The fourth-order valence-electron chi connectivity index (χ4n) is 6.31. The van der Waals surface area contributed by atoms with Gasteiger partial charge in [0.1, 0.15) is 35.8 Å². The molecule has 5 atom stereocenters. The molecule has 2 heterocycles. The predicted molar refractivity (Wildman–Crippen MR) is 221 cm³/mol. The minimum absolute atomic E-state index is 0.0527. The monoisotopic (exact) mass is 810 g/mol. The number of benzene rings is 2. The third-order valence-electron chi connectivity index (χ3n) is 9.31. The number of carboxylic acid groups (broad SMARTS) is 1. The van der Waals surface area contributed by atoms with Crippen molar-refractivity contribution >= 4 is 73.7 Å². The second kappa shape index (κ2) is 21.7. The number of aromatic nitrogens is 1. The maximum atomic E-state index is 14.2. The van der Waals surface area contributed by atoms with E-state index in [1.165, 1.54) is 23.1 Å². The van der Waals surface area contributed by atoms with Crippen LogP contribution in [-0.2, 0) is 30.5 Å². The van der Waals surface area contributed by atoms with Crippen molar-refractivity contribution in [2.24, 2.45) is 11.5 Å². The highest BCUT2D eigenvalue weighted by Crippen LogP contribution is 2.34. The number of nitrogens with zero attached hydrogens (tertiary/aromatic N) is 3. The summed E-state index contributed by atoms with van der Waals surface area (Å²) in [7, 11) is 3.94. The van der Waals surface area contributed by atoms with Crippen LogP contribution in [0.5, 0.6) is 0 Å². The lowest BCUT2D eigenvalue weighted by Gasteiger charge is -2.32. The molecule has 1 fully saturated rings. The van der Waals surface area contributed by atoms with E-state index in [0.29, 0.717) is 66.2 Å². The number of carbonyl (C=O) groups is 5. The first-order valence-corrected chi connectivity index (χ1v) is 20.5. The first kappa shape index (κ1) is 44.2. The van der Waals surface area contributed by atoms with Crippen molar-refractivity contribution in [2.45, 2.75) is 88.7 Å². The zero-order valence-electron chi connectivity index (χ0n) is 32.2. The molecule has 0 bridgehead atoms. The lowest BCUT2D eigenvalue weighted by Crippen LogP contribution is -2.55. The molecule has 0 spiro atoms. The Kier molecular flexibility index (Phi) is 17.1. The molecule has 4 amide bonds. The van der Waals surface area contributed by atoms with Crippen LogP contribution in [0.2, 0.25) is 0 Å². The Balaban J connectivity index is 1.47. The predicted octanol–water partition coefficient (Wildman–Crippen LogP) is 3.98. The quantitative estimate of drug-likeness (QED) is 0.0794. The number of anilines is 1. The molecule has 2 aromatic carbocycles. The molecular weight excluding hydrogens is 757 g/mol. The van der Waals surface area contributed by atoms with Gasteiger partial charge >= 0.3 is 12.1 Å². The number of carboxylic acids is 1. The third kappa shape index (κ3) is 13.0. The molecule has 17 heteroatoms. The molecule has 0 saturated carbocycles. The van der Waals surface area contributed by atoms with Crippen LogP contribution in [0.1, 0.15) is 62.4 Å². The molecule has 304 valence electrons. The minimum atomic E-state index is -1.10. The Morgan fingerprint density at radius 3 is 2.52 bits per heavy atom. The van der Waals surface area contributed by atoms with Crippen molar-refractivity contribution in [2.75, 3.05) is 38.3 Å². The van der Waals surface area contributed by atoms with E-state index in [4.69, 9.17) is 21.3 Å². The summed E-state index contributed by atoms with van der Waals surface area (Å²) in [5.74, 6) is -2.20. The number of carbonyl (C=O) groups excluding carboxylic acids is 4. The van der Waals surface area contributed by atoms with Gasteiger partial charge in [-0.25, -0.2) is 9.78 Å². The van der Waals surface area contributed by atoms with E-state index in [0.717, 1.165) is 23.2 Å². The summed E-state index contributed by atoms with van der Waals surface area (Å²) < 4.78 is 6.14. The second-order valence-electron chi connectivity index (χ2n) is 14.1. The van der Waals surface area contributed by atoms with Crippen LogP contribution in [0.25, 0.3) is 15.1 Å². The normalized spacial score (nSPS) is 17.0. The van der Waals surface area contributed by atoms with E-state index >= 15 is 0 Å². The van der Waals surface area contributed by atoms with Crippen LogP contribution >= 0.6 is 23.1 Å². The maximum Gasteiger partial charge on any atom is 0.408 e. The molecule has 0 radical (unpaired) electrons. The summed E-state index contributed by atoms with van der Waals surface area (Å²) in [5.41, 5.74) is 13.4. The van der Waals surface area contributed by atoms with Gasteiger partial charge in [0.05, 0.1) is 10.2 Å². The van der Waals surface area contributed by atoms with Gasteiger partial charge in [0.2, 0.25) is 17.7 Å². The smallest absolute Gasteiger partial charge is 0.408 e. The van der Waals surface area contributed by atoms with Crippen LogP contribution < -0.4 is 27.4 Å². The van der Waals surface area contributed by atoms with Crippen LogP contribution in [0, 0.1) is 0 Å². The molecule has 56 heavy (non-hydrogen) atoms. The fourth-order valence-corrected chi connectivity index (χ4v) is 8.17. The summed E-state index contributed by atoms with van der Waals surface area (Å²) in [6.45, 7) is 7.15. The van der Waals surface area contributed by atoms with Crippen LogP contribution in [-0.4, -0.2) is 113 Å². The average Bonchev–Trinajstić information content (AvgIpc) is 3.71. The van der Waals surface area contributed by atoms with Gasteiger partial charge in [0.15, 0.2) is 0 Å². The minimum Gasteiger partial charge on any atom is -0.480 e. The van der Waals surface area contributed by atoms with Crippen molar-refractivity contribution in [1.82, 2.24) is 25.4 Å². The molecule has 8 N–H and O–H groups in total. The highest BCUT2D eigenvalue weighted by molar-refractivity contribution is 8.08. The molecule has 1 saturated heterocycles. The van der Waals surface area contributed by atoms with Gasteiger partial charge < -0.3 is 47.1 Å². The topological polar surface area (TPSA) is 222 Å². The fraction of sp³-hybridized carbons (Fsp3) is 0.487. The van der Waals surface area contributed by atoms with Crippen molar-refractivity contribution in [1.29, 1.82) is 0 Å². The first-order chi connectivity index (χ1) is 26.8. The number of rotatable bonds is 22. The summed E-state index contributed by atoms with van der Waals surface area (Å²) in [4.78, 5) is 74.5. The van der Waals surface area contributed by atoms with Gasteiger partial charge in [-0.2, -0.15) is 0 Å². The SMILES string of the molecule is C=C(SC[C@@H](N)C(=O)O)c1nc2ccc(NC(=O)[C@H](CCCCN)NC(=O)[C@H](CCCCN(C)C)N3C(=O)[C@@H](NC(=O)OCc4ccccc4)CC3C)cc2s1. The number of ether oxygens (including phenoxy) is 1. The maximum absolute atomic E-state index is 14.2. The lowest BCUT2D eigenvalue weighted by atomic mass is 10.0.